The highest BCUT2D eigenvalue weighted by atomic mass is 16.6. The number of hydrogen-bond donors (Lipinski definition) is 0. The Hall–Kier alpha value is -1.05. The van der Waals surface area contributed by atoms with Crippen molar-refractivity contribution < 1.29 is 9.53 Å². The van der Waals surface area contributed by atoms with Crippen LogP contribution in [-0.2, 0) is 9.53 Å². The van der Waals surface area contributed by atoms with E-state index in [1.165, 1.54) is 0 Å². The third-order valence-corrected chi connectivity index (χ3v) is 2.24. The molecule has 0 heterocycles. The molecule has 0 aromatic rings. The zero-order valence-corrected chi connectivity index (χ0v) is 8.30. The van der Waals surface area contributed by atoms with E-state index in [1.807, 2.05) is 6.92 Å². The van der Waals surface area contributed by atoms with E-state index in [9.17, 15) is 4.79 Å². The minimum Gasteiger partial charge on any atom is -0.456 e. The first kappa shape index (κ1) is 10.0. The van der Waals surface area contributed by atoms with Crippen molar-refractivity contribution in [3.63, 3.8) is 0 Å². The van der Waals surface area contributed by atoms with Gasteiger partial charge in [0.2, 0.25) is 0 Å². The first-order valence-corrected chi connectivity index (χ1v) is 4.57. The van der Waals surface area contributed by atoms with Crippen LogP contribution in [0.15, 0.2) is 24.3 Å². The van der Waals surface area contributed by atoms with Crippen molar-refractivity contribution in [2.24, 2.45) is 0 Å². The number of rotatable bonds is 2. The van der Waals surface area contributed by atoms with Gasteiger partial charge in [-0.05, 0) is 26.7 Å². The van der Waals surface area contributed by atoms with Crippen molar-refractivity contribution in [1.82, 2.24) is 0 Å². The van der Waals surface area contributed by atoms with Gasteiger partial charge in [0.05, 0.1) is 0 Å². The minimum atomic E-state index is -0.315. The maximum atomic E-state index is 11.3. The van der Waals surface area contributed by atoms with E-state index in [0.717, 1.165) is 19.3 Å². The fraction of sp³-hybridized carbons (Fsp3) is 0.545. The fourth-order valence-electron chi connectivity index (χ4n) is 1.34. The van der Waals surface area contributed by atoms with Gasteiger partial charge in [-0.25, -0.2) is 4.79 Å². The standard InChI is InChI=1S/C11H16O2/c1-9(2)10(12)13-11(3)7-5-4-6-8-11/h4-5H,1,6-8H2,2-3H3. The molecule has 0 amide bonds. The average molecular weight is 180 g/mol. The van der Waals surface area contributed by atoms with Crippen molar-refractivity contribution in [2.45, 2.75) is 38.7 Å². The molecule has 1 unspecified atom stereocenters. The van der Waals surface area contributed by atoms with E-state index in [-0.39, 0.29) is 11.6 Å². The zero-order valence-electron chi connectivity index (χ0n) is 8.30. The molecule has 1 rings (SSSR count). The molecule has 1 aliphatic carbocycles. The summed E-state index contributed by atoms with van der Waals surface area (Å²) < 4.78 is 5.35. The van der Waals surface area contributed by atoms with Gasteiger partial charge >= 0.3 is 5.97 Å². The first-order valence-electron chi connectivity index (χ1n) is 4.57. The maximum Gasteiger partial charge on any atom is 0.333 e. The number of esters is 1. The number of carbonyl (C=O) groups excluding carboxylic acids is 1. The molecule has 72 valence electrons. The minimum absolute atomic E-state index is 0.280. The Kier molecular flexibility index (Phi) is 2.91. The van der Waals surface area contributed by atoms with Gasteiger partial charge in [-0.3, -0.25) is 0 Å². The highest BCUT2D eigenvalue weighted by Crippen LogP contribution is 2.27. The molecule has 0 radical (unpaired) electrons. The quantitative estimate of drug-likeness (QED) is 0.371. The van der Waals surface area contributed by atoms with Crippen molar-refractivity contribution in [1.29, 1.82) is 0 Å². The maximum absolute atomic E-state index is 11.3. The molecule has 0 saturated heterocycles. The summed E-state index contributed by atoms with van der Waals surface area (Å²) in [5.74, 6) is -0.280. The number of carbonyl (C=O) groups is 1. The molecule has 2 heteroatoms. The molecule has 2 nitrogen and oxygen atoms in total. The van der Waals surface area contributed by atoms with Crippen molar-refractivity contribution >= 4 is 5.97 Å². The number of ether oxygens (including phenoxy) is 1. The highest BCUT2D eigenvalue weighted by molar-refractivity contribution is 5.87. The van der Waals surface area contributed by atoms with Crippen molar-refractivity contribution in [3.05, 3.63) is 24.3 Å². The van der Waals surface area contributed by atoms with Crippen molar-refractivity contribution in [3.8, 4) is 0 Å². The zero-order chi connectivity index (χ0) is 9.90. The van der Waals surface area contributed by atoms with E-state index < -0.39 is 0 Å². The Bertz CT molecular complexity index is 253. The lowest BCUT2D eigenvalue weighted by Gasteiger charge is -2.30. The van der Waals surface area contributed by atoms with Gasteiger partial charge in [0.15, 0.2) is 0 Å². The van der Waals surface area contributed by atoms with Crippen molar-refractivity contribution in [2.75, 3.05) is 0 Å². The second kappa shape index (κ2) is 3.77. The fourth-order valence-corrected chi connectivity index (χ4v) is 1.34. The summed E-state index contributed by atoms with van der Waals surface area (Å²) in [5.41, 5.74) is 0.154. The molecule has 13 heavy (non-hydrogen) atoms. The van der Waals surface area contributed by atoms with E-state index >= 15 is 0 Å². The summed E-state index contributed by atoms with van der Waals surface area (Å²) in [4.78, 5) is 11.3. The van der Waals surface area contributed by atoms with Crippen LogP contribution in [-0.4, -0.2) is 11.6 Å². The molecule has 0 fully saturated rings. The third-order valence-electron chi connectivity index (χ3n) is 2.24. The lowest BCUT2D eigenvalue weighted by atomic mass is 9.91. The van der Waals surface area contributed by atoms with Crippen LogP contribution in [0.5, 0.6) is 0 Å². The van der Waals surface area contributed by atoms with E-state index in [2.05, 4.69) is 18.7 Å². The second-order valence-corrected chi connectivity index (χ2v) is 3.83. The molecule has 1 atom stereocenters. The molecule has 0 bridgehead atoms. The van der Waals surface area contributed by atoms with E-state index in [1.54, 1.807) is 6.92 Å². The lowest BCUT2D eigenvalue weighted by molar-refractivity contribution is -0.153. The van der Waals surface area contributed by atoms with Gasteiger partial charge in [0, 0.05) is 12.0 Å². The summed E-state index contributed by atoms with van der Waals surface area (Å²) >= 11 is 0. The largest absolute Gasteiger partial charge is 0.456 e. The SMILES string of the molecule is C=C(C)C(=O)OC1(C)CC=CCC1. The Morgan fingerprint density at radius 1 is 1.54 bits per heavy atom. The van der Waals surface area contributed by atoms with Crippen LogP contribution in [0, 0.1) is 0 Å². The lowest BCUT2D eigenvalue weighted by Crippen LogP contribution is -2.32. The van der Waals surface area contributed by atoms with Crippen LogP contribution in [0.4, 0.5) is 0 Å². The second-order valence-electron chi connectivity index (χ2n) is 3.83. The molecular weight excluding hydrogens is 164 g/mol. The van der Waals surface area contributed by atoms with Gasteiger partial charge in [0.25, 0.3) is 0 Å². The Morgan fingerprint density at radius 2 is 2.23 bits per heavy atom. The summed E-state index contributed by atoms with van der Waals surface area (Å²) in [6.45, 7) is 7.20. The monoisotopic (exact) mass is 180 g/mol. The molecule has 0 aliphatic heterocycles. The average Bonchev–Trinajstić information content (AvgIpc) is 2.04. The number of allylic oxidation sites excluding steroid dienone is 1. The number of hydrogen-bond acceptors (Lipinski definition) is 2. The van der Waals surface area contributed by atoms with E-state index in [4.69, 9.17) is 4.74 Å². The normalized spacial score (nSPS) is 26.9. The Morgan fingerprint density at radius 3 is 2.69 bits per heavy atom. The van der Waals surface area contributed by atoms with Gasteiger partial charge in [-0.2, -0.15) is 0 Å². The Balaban J connectivity index is 2.56. The predicted molar refractivity (Wildman–Crippen MR) is 52.3 cm³/mol. The molecule has 0 aromatic heterocycles. The molecule has 0 saturated carbocycles. The smallest absolute Gasteiger partial charge is 0.333 e. The van der Waals surface area contributed by atoms with Gasteiger partial charge < -0.3 is 4.74 Å². The van der Waals surface area contributed by atoms with Crippen LogP contribution >= 0.6 is 0 Å². The Labute approximate surface area is 79.3 Å². The first-order chi connectivity index (χ1) is 6.03. The molecular formula is C11H16O2. The van der Waals surface area contributed by atoms with Crippen LogP contribution in [0.1, 0.15) is 33.1 Å². The van der Waals surface area contributed by atoms with Gasteiger partial charge in [-0.15, -0.1) is 0 Å². The third kappa shape index (κ3) is 2.72. The van der Waals surface area contributed by atoms with Crippen LogP contribution in [0.3, 0.4) is 0 Å². The van der Waals surface area contributed by atoms with Crippen LogP contribution < -0.4 is 0 Å². The molecule has 0 aromatic carbocycles. The predicted octanol–water partition coefficient (Wildman–Crippen LogP) is 2.60. The van der Waals surface area contributed by atoms with Gasteiger partial charge in [0.1, 0.15) is 5.60 Å². The molecule has 1 aliphatic rings. The molecule has 0 N–H and O–H groups in total. The topological polar surface area (TPSA) is 26.3 Å². The van der Waals surface area contributed by atoms with Gasteiger partial charge in [-0.1, -0.05) is 18.7 Å². The summed E-state index contributed by atoms with van der Waals surface area (Å²) in [6, 6.07) is 0. The summed E-state index contributed by atoms with van der Waals surface area (Å²) in [5, 5.41) is 0. The summed E-state index contributed by atoms with van der Waals surface area (Å²) in [6.07, 6.45) is 6.89. The molecule has 0 spiro atoms. The van der Waals surface area contributed by atoms with Crippen LogP contribution in [0.25, 0.3) is 0 Å². The van der Waals surface area contributed by atoms with E-state index in [0.29, 0.717) is 5.57 Å². The summed E-state index contributed by atoms with van der Waals surface area (Å²) in [7, 11) is 0. The highest BCUT2D eigenvalue weighted by Gasteiger charge is 2.28. The van der Waals surface area contributed by atoms with Crippen LogP contribution in [0.2, 0.25) is 0 Å².